The first-order valence-corrected chi connectivity index (χ1v) is 8.77. The van der Waals surface area contributed by atoms with Crippen molar-refractivity contribution in [2.45, 2.75) is 19.8 Å². The van der Waals surface area contributed by atoms with Gasteiger partial charge in [-0.2, -0.15) is 0 Å². The molecule has 0 fully saturated rings. The van der Waals surface area contributed by atoms with E-state index in [9.17, 15) is 14.7 Å². The second kappa shape index (κ2) is 9.22. The van der Waals surface area contributed by atoms with E-state index < -0.39 is 11.9 Å². The fourth-order valence-corrected chi connectivity index (χ4v) is 2.65. The van der Waals surface area contributed by atoms with Crippen LogP contribution in [-0.4, -0.2) is 23.6 Å². The summed E-state index contributed by atoms with van der Waals surface area (Å²) in [6.45, 7) is 2.47. The highest BCUT2D eigenvalue weighted by atomic mass is 79.9. The first-order valence-electron chi connectivity index (χ1n) is 7.98. The number of benzene rings is 2. The standard InChI is InChI=1S/C19H20BrNO4/c1-2-25-17-9-7-16(8-10-17)21-18(22)12-14(19(23)24)11-13-3-5-15(20)6-4-13/h3-10,14H,2,11-12H2,1H3,(H,21,22)(H,23,24)/t14-/m1/s1. The van der Waals surface area contributed by atoms with E-state index in [1.165, 1.54) is 0 Å². The molecule has 0 aliphatic carbocycles. The summed E-state index contributed by atoms with van der Waals surface area (Å²) in [4.78, 5) is 23.6. The summed E-state index contributed by atoms with van der Waals surface area (Å²) in [7, 11) is 0. The minimum Gasteiger partial charge on any atom is -0.494 e. The zero-order valence-corrected chi connectivity index (χ0v) is 15.5. The van der Waals surface area contributed by atoms with Crippen LogP contribution in [0.5, 0.6) is 5.75 Å². The zero-order valence-electron chi connectivity index (χ0n) is 13.9. The van der Waals surface area contributed by atoms with Gasteiger partial charge in [0.2, 0.25) is 5.91 Å². The Morgan fingerprint density at radius 1 is 1.12 bits per heavy atom. The van der Waals surface area contributed by atoms with Gasteiger partial charge in [-0.15, -0.1) is 0 Å². The average Bonchev–Trinajstić information content (AvgIpc) is 2.58. The lowest BCUT2D eigenvalue weighted by Crippen LogP contribution is -2.24. The number of hydrogen-bond acceptors (Lipinski definition) is 3. The number of nitrogens with one attached hydrogen (secondary N) is 1. The summed E-state index contributed by atoms with van der Waals surface area (Å²) in [5.74, 6) is -1.36. The monoisotopic (exact) mass is 405 g/mol. The fourth-order valence-electron chi connectivity index (χ4n) is 2.39. The van der Waals surface area contributed by atoms with Gasteiger partial charge in [-0.25, -0.2) is 0 Å². The van der Waals surface area contributed by atoms with Crippen molar-refractivity contribution in [3.63, 3.8) is 0 Å². The fraction of sp³-hybridized carbons (Fsp3) is 0.263. The number of carboxylic acid groups (broad SMARTS) is 1. The molecule has 2 rings (SSSR count). The molecule has 2 N–H and O–H groups in total. The molecule has 0 bridgehead atoms. The van der Waals surface area contributed by atoms with E-state index in [2.05, 4.69) is 21.2 Å². The van der Waals surface area contributed by atoms with E-state index in [-0.39, 0.29) is 12.3 Å². The molecule has 0 aromatic heterocycles. The van der Waals surface area contributed by atoms with Gasteiger partial charge in [-0.1, -0.05) is 28.1 Å². The first kappa shape index (κ1) is 19.0. The van der Waals surface area contributed by atoms with E-state index >= 15 is 0 Å². The Labute approximate surface area is 155 Å². The second-order valence-corrected chi connectivity index (χ2v) is 6.49. The van der Waals surface area contributed by atoms with Gasteiger partial charge in [-0.3, -0.25) is 9.59 Å². The highest BCUT2D eigenvalue weighted by Gasteiger charge is 2.21. The Kier molecular flexibility index (Phi) is 7.01. The predicted molar refractivity (Wildman–Crippen MR) is 99.8 cm³/mol. The predicted octanol–water partition coefficient (Wildman–Crippen LogP) is 4.12. The number of carbonyl (C=O) groups is 2. The molecular weight excluding hydrogens is 386 g/mol. The molecule has 0 spiro atoms. The van der Waals surface area contributed by atoms with Crippen molar-refractivity contribution in [1.82, 2.24) is 0 Å². The highest BCUT2D eigenvalue weighted by Crippen LogP contribution is 2.19. The van der Waals surface area contributed by atoms with Crippen molar-refractivity contribution in [2.24, 2.45) is 5.92 Å². The third-order valence-corrected chi connectivity index (χ3v) is 4.15. The molecule has 6 heteroatoms. The van der Waals surface area contributed by atoms with Crippen molar-refractivity contribution >= 4 is 33.5 Å². The molecular formula is C19H20BrNO4. The summed E-state index contributed by atoms with van der Waals surface area (Å²) in [6.07, 6.45) is 0.220. The van der Waals surface area contributed by atoms with Crippen LogP contribution in [0, 0.1) is 5.92 Å². The summed E-state index contributed by atoms with van der Waals surface area (Å²) in [5.41, 5.74) is 1.49. The molecule has 2 aromatic carbocycles. The Bertz CT molecular complexity index is 713. The van der Waals surface area contributed by atoms with Gasteiger partial charge >= 0.3 is 5.97 Å². The molecule has 0 aliphatic rings. The number of carboxylic acids is 1. The maximum Gasteiger partial charge on any atom is 0.307 e. The van der Waals surface area contributed by atoms with Gasteiger partial charge in [0.1, 0.15) is 5.75 Å². The van der Waals surface area contributed by atoms with E-state index in [1.807, 2.05) is 31.2 Å². The van der Waals surface area contributed by atoms with Crippen LogP contribution < -0.4 is 10.1 Å². The number of rotatable bonds is 8. The Hall–Kier alpha value is -2.34. The minimum absolute atomic E-state index is 0.0847. The maximum absolute atomic E-state index is 12.2. The summed E-state index contributed by atoms with van der Waals surface area (Å²) in [5, 5.41) is 12.1. The number of carbonyl (C=O) groups excluding carboxylic acids is 1. The van der Waals surface area contributed by atoms with Crippen molar-refractivity contribution < 1.29 is 19.4 Å². The van der Waals surface area contributed by atoms with Gasteiger partial charge in [0.25, 0.3) is 0 Å². The summed E-state index contributed by atoms with van der Waals surface area (Å²) >= 11 is 3.34. The SMILES string of the molecule is CCOc1ccc(NC(=O)C[C@@H](Cc2ccc(Br)cc2)C(=O)O)cc1. The van der Waals surface area contributed by atoms with Gasteiger partial charge in [0.05, 0.1) is 12.5 Å². The van der Waals surface area contributed by atoms with E-state index in [0.29, 0.717) is 18.7 Å². The quantitative estimate of drug-likeness (QED) is 0.692. The second-order valence-electron chi connectivity index (χ2n) is 5.58. The lowest BCUT2D eigenvalue weighted by atomic mass is 9.96. The normalized spacial score (nSPS) is 11.6. The molecule has 132 valence electrons. The van der Waals surface area contributed by atoms with Crippen LogP contribution in [0.1, 0.15) is 18.9 Å². The Morgan fingerprint density at radius 3 is 2.32 bits per heavy atom. The average molecular weight is 406 g/mol. The van der Waals surface area contributed by atoms with E-state index in [4.69, 9.17) is 4.74 Å². The molecule has 25 heavy (non-hydrogen) atoms. The van der Waals surface area contributed by atoms with Crippen LogP contribution in [0.15, 0.2) is 53.0 Å². The number of amides is 1. The van der Waals surface area contributed by atoms with Crippen molar-refractivity contribution in [3.8, 4) is 5.75 Å². The summed E-state index contributed by atoms with van der Waals surface area (Å²) < 4.78 is 6.27. The topological polar surface area (TPSA) is 75.6 Å². The van der Waals surface area contributed by atoms with Gasteiger partial charge in [0, 0.05) is 16.6 Å². The molecule has 0 heterocycles. The van der Waals surface area contributed by atoms with Crippen LogP contribution >= 0.6 is 15.9 Å². The lowest BCUT2D eigenvalue weighted by molar-refractivity contribution is -0.143. The number of halogens is 1. The molecule has 1 amide bonds. The summed E-state index contributed by atoms with van der Waals surface area (Å²) in [6, 6.07) is 14.4. The highest BCUT2D eigenvalue weighted by molar-refractivity contribution is 9.10. The lowest BCUT2D eigenvalue weighted by Gasteiger charge is -2.13. The maximum atomic E-state index is 12.2. The minimum atomic E-state index is -0.982. The molecule has 5 nitrogen and oxygen atoms in total. The number of ether oxygens (including phenoxy) is 1. The van der Waals surface area contributed by atoms with Crippen LogP contribution in [0.2, 0.25) is 0 Å². The van der Waals surface area contributed by atoms with Gasteiger partial charge in [-0.05, 0) is 55.3 Å². The molecule has 1 atom stereocenters. The van der Waals surface area contributed by atoms with Gasteiger partial charge in [0.15, 0.2) is 0 Å². The Balaban J connectivity index is 1.95. The number of aliphatic carboxylic acids is 1. The number of hydrogen-bond donors (Lipinski definition) is 2. The zero-order chi connectivity index (χ0) is 18.2. The molecule has 0 saturated carbocycles. The van der Waals surface area contributed by atoms with E-state index in [1.54, 1.807) is 24.3 Å². The van der Waals surface area contributed by atoms with Crippen molar-refractivity contribution in [3.05, 3.63) is 58.6 Å². The van der Waals surface area contributed by atoms with Crippen molar-refractivity contribution in [2.75, 3.05) is 11.9 Å². The van der Waals surface area contributed by atoms with Crippen molar-refractivity contribution in [1.29, 1.82) is 0 Å². The largest absolute Gasteiger partial charge is 0.494 e. The third kappa shape index (κ3) is 6.23. The van der Waals surface area contributed by atoms with Gasteiger partial charge < -0.3 is 15.2 Å². The molecule has 0 aliphatic heterocycles. The third-order valence-electron chi connectivity index (χ3n) is 3.63. The van der Waals surface area contributed by atoms with Crippen LogP contribution in [0.25, 0.3) is 0 Å². The van der Waals surface area contributed by atoms with E-state index in [0.717, 1.165) is 15.8 Å². The smallest absolute Gasteiger partial charge is 0.307 e. The molecule has 0 saturated heterocycles. The molecule has 0 radical (unpaired) electrons. The van der Waals surface area contributed by atoms with Crippen LogP contribution in [0.3, 0.4) is 0 Å². The molecule has 2 aromatic rings. The van der Waals surface area contributed by atoms with Crippen LogP contribution in [0.4, 0.5) is 5.69 Å². The molecule has 0 unspecified atom stereocenters. The van der Waals surface area contributed by atoms with Crippen LogP contribution in [-0.2, 0) is 16.0 Å². The number of anilines is 1. The first-order chi connectivity index (χ1) is 12.0. The Morgan fingerprint density at radius 2 is 1.76 bits per heavy atom.